The fraction of sp³-hybridized carbons (Fsp3) is 0. The van der Waals surface area contributed by atoms with Crippen molar-refractivity contribution in [1.29, 1.82) is 0 Å². The van der Waals surface area contributed by atoms with Crippen molar-refractivity contribution < 1.29 is 60.7 Å². The first-order chi connectivity index (χ1) is 27.7. The zero-order valence-corrected chi connectivity index (χ0v) is 34.6. The summed E-state index contributed by atoms with van der Waals surface area (Å²) in [5.74, 6) is 1.89. The van der Waals surface area contributed by atoms with Crippen LogP contribution in [0.3, 0.4) is 0 Å². The van der Waals surface area contributed by atoms with Crippen LogP contribution in [0.1, 0.15) is 0 Å². The molecule has 0 saturated carbocycles. The second-order valence-electron chi connectivity index (χ2n) is 12.5. The zero-order chi connectivity index (χ0) is 37.3. The summed E-state index contributed by atoms with van der Waals surface area (Å²) in [6.07, 6.45) is 17.3. The number of nitrogens with zero attached hydrogens (tertiary/aromatic N) is 8. The molecule has 4 aromatic carbocycles. The van der Waals surface area contributed by atoms with E-state index in [9.17, 15) is 0 Å². The van der Waals surface area contributed by atoms with Gasteiger partial charge >= 0.3 is 0 Å². The zero-order valence-electron chi connectivity index (χ0n) is 30.0. The Morgan fingerprint density at radius 1 is 0.414 bits per heavy atom. The molecule has 10 aromatic rings. The van der Waals surface area contributed by atoms with Crippen LogP contribution in [0.15, 0.2) is 159 Å². The maximum atomic E-state index is 6.27. The minimum atomic E-state index is 0. The molecule has 0 aliphatic carbocycles. The van der Waals surface area contributed by atoms with Gasteiger partial charge in [0.15, 0.2) is 0 Å². The Balaban J connectivity index is 0.00000235. The van der Waals surface area contributed by atoms with Crippen LogP contribution in [0.4, 0.5) is 0 Å². The SMILES string of the molecule is [Pt].[Pt].[c-]1c(Oc2[c-]c(-c3[c-]c(Oc4[c-]c(-[n+]5[c-]n(-c6ccncc6)c6ccccc65)ccc4)ccn3)ncc2)cccc1-[n+]1[c-]n(-c2ccncc2)c2ccccc21. The standard InChI is InChI=1S/C46H26N8O2.2Pt/c1-3-13-45-43(11-1)51(33-15-21-47-22-16-33)31-53(45)35-7-5-9-37(27-35)55-39-19-25-49-41(29-39)42-30-40(20-26-50-42)56-38-10-6-8-36(28-38)54-32-52(34-17-23-48-24-18-34)44-12-2-4-14-46(44)54;;/h1-26H;;/q-4;;. The van der Waals surface area contributed by atoms with E-state index in [4.69, 9.17) is 9.47 Å². The Hall–Kier alpha value is -6.60. The molecule has 0 saturated heterocycles. The van der Waals surface area contributed by atoms with Crippen molar-refractivity contribution >= 4 is 22.1 Å². The molecule has 12 heteroatoms. The first-order valence-electron chi connectivity index (χ1n) is 17.6. The number of rotatable bonds is 9. The third-order valence-corrected chi connectivity index (χ3v) is 8.96. The molecule has 0 unspecified atom stereocenters. The second-order valence-corrected chi connectivity index (χ2v) is 12.5. The van der Waals surface area contributed by atoms with Gasteiger partial charge in [-0.15, -0.1) is 47.8 Å². The molecular formula is C46H26N8O2Pt2-4. The van der Waals surface area contributed by atoms with E-state index in [0.717, 1.165) is 44.8 Å². The van der Waals surface area contributed by atoms with Gasteiger partial charge in [0.05, 0.1) is 33.4 Å². The molecule has 0 aliphatic rings. The Morgan fingerprint density at radius 2 is 0.828 bits per heavy atom. The van der Waals surface area contributed by atoms with E-state index in [1.54, 1.807) is 49.3 Å². The fourth-order valence-corrected chi connectivity index (χ4v) is 6.44. The molecular weight excluding hydrogens is 1090 g/mol. The van der Waals surface area contributed by atoms with Gasteiger partial charge in [-0.05, 0) is 48.0 Å². The number of imidazole rings is 2. The Labute approximate surface area is 362 Å². The second kappa shape index (κ2) is 16.9. The van der Waals surface area contributed by atoms with Crippen molar-refractivity contribution in [3.63, 3.8) is 0 Å². The maximum Gasteiger partial charge on any atom is 0.268 e. The van der Waals surface area contributed by atoms with E-state index in [1.165, 1.54) is 0 Å². The molecule has 0 bridgehead atoms. The van der Waals surface area contributed by atoms with Crippen LogP contribution < -0.4 is 18.6 Å². The van der Waals surface area contributed by atoms with Crippen LogP contribution in [0.5, 0.6) is 23.0 Å². The predicted octanol–water partition coefficient (Wildman–Crippen LogP) is 7.76. The molecule has 10 nitrogen and oxygen atoms in total. The van der Waals surface area contributed by atoms with Gasteiger partial charge in [0.25, 0.3) is 12.7 Å². The molecule has 286 valence electrons. The number of fused-ring (bicyclic) bond motifs is 2. The summed E-state index contributed by atoms with van der Waals surface area (Å²) in [6, 6.07) is 52.2. The van der Waals surface area contributed by atoms with E-state index in [1.807, 2.05) is 115 Å². The van der Waals surface area contributed by atoms with Crippen molar-refractivity contribution in [1.82, 2.24) is 29.1 Å². The predicted molar refractivity (Wildman–Crippen MR) is 206 cm³/mol. The maximum absolute atomic E-state index is 6.27. The van der Waals surface area contributed by atoms with Crippen LogP contribution in [0.25, 0.3) is 56.2 Å². The third-order valence-electron chi connectivity index (χ3n) is 8.96. The fourth-order valence-electron chi connectivity index (χ4n) is 6.44. The van der Waals surface area contributed by atoms with Gasteiger partial charge in [-0.25, -0.2) is 0 Å². The van der Waals surface area contributed by atoms with Gasteiger partial charge in [0, 0.05) is 89.9 Å². The number of hydrogen-bond acceptors (Lipinski definition) is 6. The summed E-state index contributed by atoms with van der Waals surface area (Å²) >= 11 is 0. The number of para-hydroxylation sites is 4. The molecule has 58 heavy (non-hydrogen) atoms. The third kappa shape index (κ3) is 7.60. The van der Waals surface area contributed by atoms with Crippen LogP contribution >= 0.6 is 0 Å². The van der Waals surface area contributed by atoms with Crippen molar-refractivity contribution in [2.45, 2.75) is 0 Å². The first-order valence-corrected chi connectivity index (χ1v) is 17.6. The number of ether oxygens (including phenoxy) is 2. The summed E-state index contributed by atoms with van der Waals surface area (Å²) in [5, 5.41) is 0. The molecule has 6 aromatic heterocycles. The molecule has 10 rings (SSSR count). The van der Waals surface area contributed by atoms with E-state index in [2.05, 4.69) is 69.0 Å². The number of aromatic nitrogens is 8. The normalized spacial score (nSPS) is 10.8. The summed E-state index contributed by atoms with van der Waals surface area (Å²) < 4.78 is 20.4. The Kier molecular flexibility index (Phi) is 11.1. The topological polar surface area (TPSA) is 87.6 Å². The largest absolute Gasteiger partial charge is 0.511 e. The minimum Gasteiger partial charge on any atom is -0.511 e. The summed E-state index contributed by atoms with van der Waals surface area (Å²) in [4.78, 5) is 17.3. The van der Waals surface area contributed by atoms with Crippen LogP contribution in [0.2, 0.25) is 0 Å². The van der Waals surface area contributed by atoms with Gasteiger partial charge in [-0.1, -0.05) is 48.5 Å². The van der Waals surface area contributed by atoms with E-state index < -0.39 is 0 Å². The molecule has 0 fully saturated rings. The van der Waals surface area contributed by atoms with E-state index in [-0.39, 0.29) is 42.1 Å². The molecule has 0 N–H and O–H groups in total. The number of hydrogen-bond donors (Lipinski definition) is 0. The average Bonchev–Trinajstić information content (AvgIpc) is 3.85. The molecule has 6 heterocycles. The molecule has 0 spiro atoms. The monoisotopic (exact) mass is 1110 g/mol. The van der Waals surface area contributed by atoms with Gasteiger partial charge in [0.2, 0.25) is 0 Å². The van der Waals surface area contributed by atoms with E-state index >= 15 is 0 Å². The molecule has 0 atom stereocenters. The van der Waals surface area contributed by atoms with Gasteiger partial charge < -0.3 is 28.6 Å². The van der Waals surface area contributed by atoms with Crippen LogP contribution in [0, 0.1) is 36.9 Å². The molecule has 0 aliphatic heterocycles. The smallest absolute Gasteiger partial charge is 0.268 e. The van der Waals surface area contributed by atoms with Crippen molar-refractivity contribution in [2.24, 2.45) is 0 Å². The average molecular weight is 1110 g/mol. The Morgan fingerprint density at radius 3 is 1.28 bits per heavy atom. The molecule has 0 radical (unpaired) electrons. The minimum absolute atomic E-state index is 0. The summed E-state index contributed by atoms with van der Waals surface area (Å²) in [6.45, 7) is 0. The van der Waals surface area contributed by atoms with Crippen molar-refractivity contribution in [2.75, 3.05) is 0 Å². The van der Waals surface area contributed by atoms with Crippen molar-refractivity contribution in [3.05, 3.63) is 195 Å². The van der Waals surface area contributed by atoms with Crippen LogP contribution in [-0.2, 0) is 42.1 Å². The summed E-state index contributed by atoms with van der Waals surface area (Å²) in [7, 11) is 0. The first kappa shape index (κ1) is 38.3. The van der Waals surface area contributed by atoms with Crippen molar-refractivity contribution in [3.8, 4) is 57.1 Å². The van der Waals surface area contributed by atoms with Gasteiger partial charge in [-0.2, -0.15) is 36.4 Å². The quantitative estimate of drug-likeness (QED) is 0.109. The van der Waals surface area contributed by atoms with Gasteiger partial charge in [-0.3, -0.25) is 19.1 Å². The van der Waals surface area contributed by atoms with Gasteiger partial charge in [0.1, 0.15) is 0 Å². The molecule has 0 amide bonds. The number of benzene rings is 4. The van der Waals surface area contributed by atoms with E-state index in [0.29, 0.717) is 34.4 Å². The Bertz CT molecular complexity index is 2810. The number of pyridine rings is 4. The van der Waals surface area contributed by atoms with Crippen LogP contribution in [-0.4, -0.2) is 29.1 Å². The summed E-state index contributed by atoms with van der Waals surface area (Å²) in [5.41, 5.74) is 8.23.